The average molecular weight is 382 g/mol. The monoisotopic (exact) mass is 381 g/mol. The van der Waals surface area contributed by atoms with Crippen LogP contribution in [0.3, 0.4) is 0 Å². The van der Waals surface area contributed by atoms with E-state index >= 15 is 0 Å². The van der Waals surface area contributed by atoms with Gasteiger partial charge in [0.2, 0.25) is 0 Å². The van der Waals surface area contributed by atoms with Crippen LogP contribution in [0.25, 0.3) is 0 Å². The molecular formula is C21H20ClN3S. The SMILES string of the molecule is Cc1ccc(NC(=S)NN(Cc2ccccc2)c2ccccc2)cc1Cl. The van der Waals surface area contributed by atoms with Gasteiger partial charge in [-0.2, -0.15) is 0 Å². The van der Waals surface area contributed by atoms with E-state index in [2.05, 4.69) is 22.9 Å². The fraction of sp³-hybridized carbons (Fsp3) is 0.0952. The quantitative estimate of drug-likeness (QED) is 0.447. The molecule has 0 aliphatic carbocycles. The van der Waals surface area contributed by atoms with Crippen LogP contribution >= 0.6 is 23.8 Å². The van der Waals surface area contributed by atoms with E-state index in [0.717, 1.165) is 16.9 Å². The van der Waals surface area contributed by atoms with Crippen LogP contribution in [0.15, 0.2) is 78.9 Å². The molecule has 0 heterocycles. The maximum atomic E-state index is 6.19. The van der Waals surface area contributed by atoms with Crippen molar-refractivity contribution in [3.63, 3.8) is 0 Å². The molecular weight excluding hydrogens is 362 g/mol. The summed E-state index contributed by atoms with van der Waals surface area (Å²) >= 11 is 11.7. The number of aryl methyl sites for hydroxylation is 1. The van der Waals surface area contributed by atoms with Crippen molar-refractivity contribution in [2.75, 3.05) is 10.3 Å². The molecule has 0 aliphatic rings. The van der Waals surface area contributed by atoms with Crippen molar-refractivity contribution in [2.24, 2.45) is 0 Å². The molecule has 0 aliphatic heterocycles. The van der Waals surface area contributed by atoms with Crippen molar-refractivity contribution < 1.29 is 0 Å². The van der Waals surface area contributed by atoms with Gasteiger partial charge in [0, 0.05) is 10.7 Å². The fourth-order valence-electron chi connectivity index (χ4n) is 2.52. The van der Waals surface area contributed by atoms with Crippen LogP contribution in [0.4, 0.5) is 11.4 Å². The van der Waals surface area contributed by atoms with Crippen molar-refractivity contribution in [3.8, 4) is 0 Å². The normalized spacial score (nSPS) is 10.2. The summed E-state index contributed by atoms with van der Waals surface area (Å²) in [5, 5.41) is 6.42. The topological polar surface area (TPSA) is 27.3 Å². The summed E-state index contributed by atoms with van der Waals surface area (Å²) < 4.78 is 0. The number of para-hydroxylation sites is 1. The van der Waals surface area contributed by atoms with Crippen molar-refractivity contribution >= 4 is 40.3 Å². The number of nitrogens with zero attached hydrogens (tertiary/aromatic N) is 1. The number of halogens is 1. The first-order valence-electron chi connectivity index (χ1n) is 8.32. The zero-order chi connectivity index (χ0) is 18.4. The van der Waals surface area contributed by atoms with E-state index in [1.54, 1.807) is 0 Å². The van der Waals surface area contributed by atoms with Crippen molar-refractivity contribution in [2.45, 2.75) is 13.5 Å². The lowest BCUT2D eigenvalue weighted by Crippen LogP contribution is -2.44. The highest BCUT2D eigenvalue weighted by Gasteiger charge is 2.09. The summed E-state index contributed by atoms with van der Waals surface area (Å²) in [6, 6.07) is 26.1. The first-order valence-corrected chi connectivity index (χ1v) is 9.11. The van der Waals surface area contributed by atoms with Gasteiger partial charge in [-0.3, -0.25) is 10.4 Å². The van der Waals surface area contributed by atoms with Crippen molar-refractivity contribution in [3.05, 3.63) is 95.0 Å². The molecule has 3 nitrogen and oxygen atoms in total. The molecule has 0 bridgehead atoms. The summed E-state index contributed by atoms with van der Waals surface area (Å²) in [6.07, 6.45) is 0. The van der Waals surface area contributed by atoms with Crippen LogP contribution in [-0.2, 0) is 6.54 Å². The number of hydrogen-bond donors (Lipinski definition) is 2. The lowest BCUT2D eigenvalue weighted by atomic mass is 10.2. The number of rotatable bonds is 5. The summed E-state index contributed by atoms with van der Waals surface area (Å²) in [7, 11) is 0. The summed E-state index contributed by atoms with van der Waals surface area (Å²) in [6.45, 7) is 2.65. The lowest BCUT2D eigenvalue weighted by Gasteiger charge is -2.27. The van der Waals surface area contributed by atoms with Gasteiger partial charge in [-0.25, -0.2) is 0 Å². The molecule has 0 amide bonds. The van der Waals surface area contributed by atoms with Crippen LogP contribution in [0, 0.1) is 6.92 Å². The zero-order valence-corrected chi connectivity index (χ0v) is 16.0. The molecule has 0 fully saturated rings. The van der Waals surface area contributed by atoms with Gasteiger partial charge in [-0.1, -0.05) is 66.2 Å². The van der Waals surface area contributed by atoms with Gasteiger partial charge in [-0.15, -0.1) is 0 Å². The molecule has 3 aromatic carbocycles. The van der Waals surface area contributed by atoms with Crippen LogP contribution in [-0.4, -0.2) is 5.11 Å². The third kappa shape index (κ3) is 4.97. The smallest absolute Gasteiger partial charge is 0.189 e. The van der Waals surface area contributed by atoms with Crippen LogP contribution in [0.5, 0.6) is 0 Å². The van der Waals surface area contributed by atoms with Crippen molar-refractivity contribution in [1.82, 2.24) is 5.43 Å². The first-order chi connectivity index (χ1) is 12.6. The minimum Gasteiger partial charge on any atom is -0.331 e. The number of anilines is 2. The summed E-state index contributed by atoms with van der Waals surface area (Å²) in [5.41, 5.74) is 7.38. The zero-order valence-electron chi connectivity index (χ0n) is 14.4. The number of hydrazine groups is 1. The van der Waals surface area contributed by atoms with Crippen LogP contribution < -0.4 is 15.8 Å². The standard InChI is InChI=1S/C21H20ClN3S/c1-16-12-13-18(14-20(16)22)23-21(26)24-25(19-10-6-3-7-11-19)15-17-8-4-2-5-9-17/h2-14H,15H2,1H3,(H2,23,24,26). The Morgan fingerprint density at radius 1 is 0.962 bits per heavy atom. The average Bonchev–Trinajstić information content (AvgIpc) is 2.66. The number of nitrogens with one attached hydrogen (secondary N) is 2. The minimum atomic E-state index is 0.504. The molecule has 0 radical (unpaired) electrons. The van der Waals surface area contributed by atoms with Gasteiger partial charge in [0.05, 0.1) is 12.2 Å². The van der Waals surface area contributed by atoms with E-state index in [1.165, 1.54) is 5.56 Å². The van der Waals surface area contributed by atoms with E-state index in [1.807, 2.05) is 78.7 Å². The highest BCUT2D eigenvalue weighted by Crippen LogP contribution is 2.20. The van der Waals surface area contributed by atoms with Gasteiger partial charge in [0.1, 0.15) is 0 Å². The molecule has 3 rings (SSSR count). The van der Waals surface area contributed by atoms with E-state index in [0.29, 0.717) is 16.7 Å². The van der Waals surface area contributed by atoms with Crippen LogP contribution in [0.2, 0.25) is 5.02 Å². The number of hydrogen-bond acceptors (Lipinski definition) is 2. The molecule has 0 saturated carbocycles. The number of thiocarbonyl (C=S) groups is 1. The molecule has 5 heteroatoms. The van der Waals surface area contributed by atoms with Crippen LogP contribution in [0.1, 0.15) is 11.1 Å². The second-order valence-electron chi connectivity index (χ2n) is 5.94. The molecule has 0 saturated heterocycles. The van der Waals surface area contributed by atoms with Gasteiger partial charge in [0.15, 0.2) is 5.11 Å². The molecule has 0 atom stereocenters. The maximum Gasteiger partial charge on any atom is 0.189 e. The van der Waals surface area contributed by atoms with E-state index in [4.69, 9.17) is 23.8 Å². The Morgan fingerprint density at radius 3 is 2.27 bits per heavy atom. The van der Waals surface area contributed by atoms with Gasteiger partial charge in [-0.05, 0) is 54.5 Å². The summed E-state index contributed by atoms with van der Waals surface area (Å²) in [5.74, 6) is 0. The second-order valence-corrected chi connectivity index (χ2v) is 6.75. The van der Waals surface area contributed by atoms with Gasteiger partial charge < -0.3 is 5.32 Å². The Morgan fingerprint density at radius 2 is 1.62 bits per heavy atom. The van der Waals surface area contributed by atoms with E-state index in [9.17, 15) is 0 Å². The summed E-state index contributed by atoms with van der Waals surface area (Å²) in [4.78, 5) is 0. The highest BCUT2D eigenvalue weighted by molar-refractivity contribution is 7.80. The largest absolute Gasteiger partial charge is 0.331 e. The fourth-order valence-corrected chi connectivity index (χ4v) is 2.93. The molecule has 2 N–H and O–H groups in total. The second kappa shape index (κ2) is 8.70. The Balaban J connectivity index is 1.74. The predicted octanol–water partition coefficient (Wildman–Crippen LogP) is 5.56. The molecule has 0 aromatic heterocycles. The Labute approximate surface area is 164 Å². The van der Waals surface area contributed by atoms with Gasteiger partial charge in [0.25, 0.3) is 0 Å². The first kappa shape index (κ1) is 18.2. The minimum absolute atomic E-state index is 0.504. The molecule has 26 heavy (non-hydrogen) atoms. The predicted molar refractivity (Wildman–Crippen MR) is 115 cm³/mol. The van der Waals surface area contributed by atoms with E-state index < -0.39 is 0 Å². The molecule has 3 aromatic rings. The van der Waals surface area contributed by atoms with Gasteiger partial charge >= 0.3 is 0 Å². The number of benzene rings is 3. The molecule has 0 unspecified atom stereocenters. The van der Waals surface area contributed by atoms with E-state index in [-0.39, 0.29) is 0 Å². The van der Waals surface area contributed by atoms with Crippen molar-refractivity contribution in [1.29, 1.82) is 0 Å². The Kier molecular flexibility index (Phi) is 6.10. The Hall–Kier alpha value is -2.56. The highest BCUT2D eigenvalue weighted by atomic mass is 35.5. The maximum absolute atomic E-state index is 6.19. The third-order valence-electron chi connectivity index (χ3n) is 3.92. The lowest BCUT2D eigenvalue weighted by molar-refractivity contribution is 0.769. The Bertz CT molecular complexity index is 869. The molecule has 0 spiro atoms. The third-order valence-corrected chi connectivity index (χ3v) is 4.52. The molecule has 132 valence electrons.